The Labute approximate surface area is 172 Å². The van der Waals surface area contributed by atoms with Gasteiger partial charge >= 0.3 is 0 Å². The van der Waals surface area contributed by atoms with Crippen molar-refractivity contribution < 1.29 is 18.7 Å². The van der Waals surface area contributed by atoms with E-state index in [-0.39, 0.29) is 6.61 Å². The van der Waals surface area contributed by atoms with E-state index in [0.717, 1.165) is 16.8 Å². The van der Waals surface area contributed by atoms with Gasteiger partial charge in [0.1, 0.15) is 0 Å². The SMILES string of the molecule is COc1cc(CNc2cccc(-c3nc4ncccc4o3)c2)ccc1OCC(N)=O. The van der Waals surface area contributed by atoms with Crippen molar-refractivity contribution >= 4 is 22.8 Å². The zero-order chi connectivity index (χ0) is 20.9. The van der Waals surface area contributed by atoms with Crippen LogP contribution in [0.4, 0.5) is 5.69 Å². The van der Waals surface area contributed by atoms with Crippen molar-refractivity contribution in [1.82, 2.24) is 9.97 Å². The monoisotopic (exact) mass is 404 g/mol. The number of primary amides is 1. The Bertz CT molecular complexity index is 1160. The predicted molar refractivity (Wildman–Crippen MR) is 112 cm³/mol. The molecule has 0 aliphatic rings. The van der Waals surface area contributed by atoms with Gasteiger partial charge in [-0.1, -0.05) is 12.1 Å². The van der Waals surface area contributed by atoms with Gasteiger partial charge in [-0.25, -0.2) is 4.98 Å². The van der Waals surface area contributed by atoms with E-state index in [0.29, 0.717) is 35.2 Å². The highest BCUT2D eigenvalue weighted by Gasteiger charge is 2.10. The predicted octanol–water partition coefficient (Wildman–Crippen LogP) is 3.37. The van der Waals surface area contributed by atoms with Crippen molar-refractivity contribution in [3.63, 3.8) is 0 Å². The van der Waals surface area contributed by atoms with Gasteiger partial charge in [-0.2, -0.15) is 4.98 Å². The van der Waals surface area contributed by atoms with Crippen LogP contribution < -0.4 is 20.5 Å². The molecule has 0 bridgehead atoms. The topological polar surface area (TPSA) is 112 Å². The third-order valence-electron chi connectivity index (χ3n) is 4.37. The fraction of sp³-hybridized carbons (Fsp3) is 0.136. The summed E-state index contributed by atoms with van der Waals surface area (Å²) in [6, 6.07) is 16.9. The summed E-state index contributed by atoms with van der Waals surface area (Å²) >= 11 is 0. The molecule has 30 heavy (non-hydrogen) atoms. The summed E-state index contributed by atoms with van der Waals surface area (Å²) in [5.41, 5.74) is 9.10. The number of methoxy groups -OCH3 is 1. The molecule has 0 unspecified atom stereocenters. The van der Waals surface area contributed by atoms with E-state index in [1.165, 1.54) is 0 Å². The van der Waals surface area contributed by atoms with Crippen molar-refractivity contribution in [2.45, 2.75) is 6.54 Å². The average molecular weight is 404 g/mol. The summed E-state index contributed by atoms with van der Waals surface area (Å²) in [5, 5.41) is 3.37. The van der Waals surface area contributed by atoms with Gasteiger partial charge in [0.2, 0.25) is 5.89 Å². The lowest BCUT2D eigenvalue weighted by molar-refractivity contribution is -0.119. The molecular weight excluding hydrogens is 384 g/mol. The lowest BCUT2D eigenvalue weighted by Crippen LogP contribution is -2.20. The number of nitrogens with zero attached hydrogens (tertiary/aromatic N) is 2. The molecule has 0 spiro atoms. The Morgan fingerprint density at radius 1 is 1.13 bits per heavy atom. The van der Waals surface area contributed by atoms with E-state index in [1.54, 1.807) is 19.4 Å². The molecule has 0 aliphatic carbocycles. The average Bonchev–Trinajstić information content (AvgIpc) is 3.21. The van der Waals surface area contributed by atoms with E-state index in [1.807, 2.05) is 48.5 Å². The number of aromatic nitrogens is 2. The lowest BCUT2D eigenvalue weighted by atomic mass is 10.1. The zero-order valence-electron chi connectivity index (χ0n) is 16.3. The van der Waals surface area contributed by atoms with Crippen LogP contribution in [0, 0.1) is 0 Å². The van der Waals surface area contributed by atoms with Crippen LogP contribution in [0.2, 0.25) is 0 Å². The highest BCUT2D eigenvalue weighted by Crippen LogP contribution is 2.29. The molecule has 4 rings (SSSR count). The Hall–Kier alpha value is -4.07. The fourth-order valence-corrected chi connectivity index (χ4v) is 2.95. The number of rotatable bonds is 8. The quantitative estimate of drug-likeness (QED) is 0.463. The van der Waals surface area contributed by atoms with E-state index < -0.39 is 5.91 Å². The van der Waals surface area contributed by atoms with Crippen LogP contribution in [0.3, 0.4) is 0 Å². The molecular formula is C22H20N4O4. The number of nitrogens with two attached hydrogens (primary N) is 1. The number of anilines is 1. The number of oxazole rings is 1. The Morgan fingerprint density at radius 2 is 2.03 bits per heavy atom. The van der Waals surface area contributed by atoms with Crippen molar-refractivity contribution in [2.75, 3.05) is 19.0 Å². The number of carbonyl (C=O) groups excluding carboxylic acids is 1. The van der Waals surface area contributed by atoms with E-state index in [9.17, 15) is 4.79 Å². The molecule has 152 valence electrons. The number of benzene rings is 2. The highest BCUT2D eigenvalue weighted by atomic mass is 16.5. The molecule has 4 aromatic rings. The van der Waals surface area contributed by atoms with Crippen LogP contribution in [0.15, 0.2) is 65.2 Å². The first kappa shape index (κ1) is 19.3. The minimum atomic E-state index is -0.544. The molecule has 2 heterocycles. The maximum atomic E-state index is 10.9. The van der Waals surface area contributed by atoms with Crippen LogP contribution >= 0.6 is 0 Å². The number of carbonyl (C=O) groups is 1. The smallest absolute Gasteiger partial charge is 0.255 e. The van der Waals surface area contributed by atoms with Gasteiger partial charge in [-0.15, -0.1) is 0 Å². The largest absolute Gasteiger partial charge is 0.493 e. The van der Waals surface area contributed by atoms with Gasteiger partial charge in [0.25, 0.3) is 5.91 Å². The van der Waals surface area contributed by atoms with E-state index in [4.69, 9.17) is 19.6 Å². The number of hydrogen-bond donors (Lipinski definition) is 2. The summed E-state index contributed by atoms with van der Waals surface area (Å²) in [4.78, 5) is 19.6. The van der Waals surface area contributed by atoms with Gasteiger partial charge in [-0.05, 0) is 48.0 Å². The van der Waals surface area contributed by atoms with Gasteiger partial charge in [0, 0.05) is 24.0 Å². The van der Waals surface area contributed by atoms with Gasteiger partial charge in [0.15, 0.2) is 29.3 Å². The summed E-state index contributed by atoms with van der Waals surface area (Å²) in [6.07, 6.45) is 1.69. The van der Waals surface area contributed by atoms with Crippen molar-refractivity contribution in [3.8, 4) is 23.0 Å². The first-order valence-electron chi connectivity index (χ1n) is 9.26. The summed E-state index contributed by atoms with van der Waals surface area (Å²) in [5.74, 6) is 0.970. The Morgan fingerprint density at radius 3 is 2.83 bits per heavy atom. The number of fused-ring (bicyclic) bond motifs is 1. The lowest BCUT2D eigenvalue weighted by Gasteiger charge is -2.12. The van der Waals surface area contributed by atoms with Crippen LogP contribution in [-0.4, -0.2) is 29.6 Å². The normalized spacial score (nSPS) is 10.7. The number of ether oxygens (including phenoxy) is 2. The third kappa shape index (κ3) is 4.33. The van der Waals surface area contributed by atoms with E-state index >= 15 is 0 Å². The molecule has 1 amide bonds. The molecule has 0 radical (unpaired) electrons. The third-order valence-corrected chi connectivity index (χ3v) is 4.37. The number of hydrogen-bond acceptors (Lipinski definition) is 7. The van der Waals surface area contributed by atoms with Crippen LogP contribution in [-0.2, 0) is 11.3 Å². The Kier molecular flexibility index (Phi) is 5.47. The zero-order valence-corrected chi connectivity index (χ0v) is 16.3. The molecule has 2 aromatic heterocycles. The molecule has 0 saturated carbocycles. The molecule has 8 heteroatoms. The molecule has 0 atom stereocenters. The fourth-order valence-electron chi connectivity index (χ4n) is 2.95. The van der Waals surface area contributed by atoms with Crippen LogP contribution in [0.5, 0.6) is 11.5 Å². The maximum absolute atomic E-state index is 10.9. The molecule has 0 aliphatic heterocycles. The van der Waals surface area contributed by atoms with Crippen molar-refractivity contribution in [1.29, 1.82) is 0 Å². The molecule has 3 N–H and O–H groups in total. The maximum Gasteiger partial charge on any atom is 0.255 e. The Balaban J connectivity index is 1.47. The second kappa shape index (κ2) is 8.52. The summed E-state index contributed by atoms with van der Waals surface area (Å²) < 4.78 is 16.5. The first-order chi connectivity index (χ1) is 14.6. The van der Waals surface area contributed by atoms with Gasteiger partial charge in [0.05, 0.1) is 7.11 Å². The number of nitrogens with one attached hydrogen (secondary N) is 1. The minimum Gasteiger partial charge on any atom is -0.493 e. The summed E-state index contributed by atoms with van der Waals surface area (Å²) in [6.45, 7) is 0.358. The second-order valence-electron chi connectivity index (χ2n) is 6.52. The highest BCUT2D eigenvalue weighted by molar-refractivity contribution is 5.75. The van der Waals surface area contributed by atoms with Crippen molar-refractivity contribution in [2.24, 2.45) is 5.73 Å². The first-order valence-corrected chi connectivity index (χ1v) is 9.26. The second-order valence-corrected chi connectivity index (χ2v) is 6.52. The molecule has 0 saturated heterocycles. The van der Waals surface area contributed by atoms with Gasteiger partial charge < -0.3 is 24.9 Å². The summed E-state index contributed by atoms with van der Waals surface area (Å²) in [7, 11) is 1.54. The standard InChI is InChI=1S/C22H20N4O4/c1-28-19-10-14(7-8-17(19)29-13-20(23)27)12-25-16-5-2-4-15(11-16)22-26-21-18(30-22)6-3-9-24-21/h2-11,25H,12-13H2,1H3,(H2,23,27). The molecule has 0 fully saturated rings. The van der Waals surface area contributed by atoms with Crippen LogP contribution in [0.1, 0.15) is 5.56 Å². The molecule has 2 aromatic carbocycles. The van der Waals surface area contributed by atoms with Crippen molar-refractivity contribution in [3.05, 3.63) is 66.4 Å². The number of amides is 1. The molecule has 8 nitrogen and oxygen atoms in total. The minimum absolute atomic E-state index is 0.202. The van der Waals surface area contributed by atoms with Gasteiger partial charge in [-0.3, -0.25) is 4.79 Å². The van der Waals surface area contributed by atoms with E-state index in [2.05, 4.69) is 15.3 Å². The van der Waals surface area contributed by atoms with Crippen LogP contribution in [0.25, 0.3) is 22.7 Å². The number of pyridine rings is 1.